The molecular formula is C20H28N4O2S. The summed E-state index contributed by atoms with van der Waals surface area (Å²) in [5.41, 5.74) is 1.08. The molecule has 0 aliphatic heterocycles. The molecule has 1 fully saturated rings. The van der Waals surface area contributed by atoms with Crippen LogP contribution in [0.2, 0.25) is 0 Å². The minimum absolute atomic E-state index is 0.0701. The van der Waals surface area contributed by atoms with Crippen molar-refractivity contribution in [3.63, 3.8) is 0 Å². The summed E-state index contributed by atoms with van der Waals surface area (Å²) in [5.74, 6) is 2.01. The quantitative estimate of drug-likeness (QED) is 0.731. The Hall–Kier alpha value is -2.02. The lowest BCUT2D eigenvalue weighted by molar-refractivity contribution is -0.119. The van der Waals surface area contributed by atoms with Crippen LogP contribution in [0.3, 0.4) is 0 Å². The first-order valence-corrected chi connectivity index (χ1v) is 10.6. The fourth-order valence-corrected chi connectivity index (χ4v) is 4.11. The molecule has 6 nitrogen and oxygen atoms in total. The highest BCUT2D eigenvalue weighted by atomic mass is 32.2. The highest BCUT2D eigenvalue weighted by Crippen LogP contribution is 2.25. The monoisotopic (exact) mass is 388 g/mol. The van der Waals surface area contributed by atoms with Crippen LogP contribution in [0.15, 0.2) is 29.4 Å². The molecule has 1 aromatic heterocycles. The average molecular weight is 389 g/mol. The zero-order valence-corrected chi connectivity index (χ0v) is 17.1. The van der Waals surface area contributed by atoms with Crippen LogP contribution in [0.5, 0.6) is 5.75 Å². The molecule has 7 heteroatoms. The van der Waals surface area contributed by atoms with Crippen molar-refractivity contribution in [3.8, 4) is 5.75 Å². The van der Waals surface area contributed by atoms with E-state index >= 15 is 0 Å². The Bertz CT molecular complexity index is 771. The number of aromatic nitrogens is 3. The van der Waals surface area contributed by atoms with Crippen molar-refractivity contribution in [2.45, 2.75) is 63.3 Å². The molecule has 1 unspecified atom stereocenters. The van der Waals surface area contributed by atoms with Gasteiger partial charge in [-0.05, 0) is 38.3 Å². The van der Waals surface area contributed by atoms with Gasteiger partial charge in [0, 0.05) is 13.1 Å². The third-order valence-electron chi connectivity index (χ3n) is 4.93. The maximum atomic E-state index is 12.2. The van der Waals surface area contributed by atoms with Crippen LogP contribution in [0.25, 0.3) is 0 Å². The SMILES string of the molecule is Cc1ccccc1OC(C)c1nnc(SCC(=O)NC2CCCCC2)n1C. The lowest BCUT2D eigenvalue weighted by Gasteiger charge is -2.22. The Morgan fingerprint density at radius 1 is 1.30 bits per heavy atom. The lowest BCUT2D eigenvalue weighted by Crippen LogP contribution is -2.37. The molecular weight excluding hydrogens is 360 g/mol. The fourth-order valence-electron chi connectivity index (χ4n) is 3.38. The van der Waals surface area contributed by atoms with Crippen LogP contribution < -0.4 is 10.1 Å². The Morgan fingerprint density at radius 2 is 2.04 bits per heavy atom. The third kappa shape index (κ3) is 5.25. The Balaban J connectivity index is 1.54. The van der Waals surface area contributed by atoms with Gasteiger partial charge in [0.05, 0.1) is 5.75 Å². The molecule has 1 aromatic carbocycles. The zero-order valence-electron chi connectivity index (χ0n) is 16.3. The number of ether oxygens (including phenoxy) is 1. The number of rotatable bonds is 7. The predicted octanol–water partition coefficient (Wildman–Crippen LogP) is 3.80. The number of carbonyl (C=O) groups excluding carboxylic acids is 1. The van der Waals surface area contributed by atoms with Gasteiger partial charge in [-0.3, -0.25) is 4.79 Å². The van der Waals surface area contributed by atoms with Gasteiger partial charge in [-0.1, -0.05) is 49.2 Å². The Labute approximate surface area is 165 Å². The van der Waals surface area contributed by atoms with E-state index in [1.165, 1.54) is 31.0 Å². The van der Waals surface area contributed by atoms with E-state index in [1.807, 2.05) is 49.7 Å². The summed E-state index contributed by atoms with van der Waals surface area (Å²) in [6.07, 6.45) is 5.67. The first-order chi connectivity index (χ1) is 13.0. The molecule has 1 heterocycles. The maximum absolute atomic E-state index is 12.2. The van der Waals surface area contributed by atoms with Crippen LogP contribution in [-0.4, -0.2) is 32.5 Å². The van der Waals surface area contributed by atoms with Gasteiger partial charge >= 0.3 is 0 Å². The number of nitrogens with one attached hydrogen (secondary N) is 1. The summed E-state index contributed by atoms with van der Waals surface area (Å²) in [6, 6.07) is 8.25. The van der Waals surface area contributed by atoms with Crippen molar-refractivity contribution in [1.29, 1.82) is 0 Å². The van der Waals surface area contributed by atoms with Crippen molar-refractivity contribution in [2.24, 2.45) is 7.05 Å². The van der Waals surface area contributed by atoms with E-state index in [9.17, 15) is 4.79 Å². The van der Waals surface area contributed by atoms with E-state index in [0.717, 1.165) is 35.1 Å². The van der Waals surface area contributed by atoms with E-state index in [4.69, 9.17) is 4.74 Å². The number of aryl methyl sites for hydroxylation is 1. The smallest absolute Gasteiger partial charge is 0.230 e. The van der Waals surface area contributed by atoms with E-state index in [0.29, 0.717) is 11.8 Å². The van der Waals surface area contributed by atoms with Gasteiger partial charge in [-0.25, -0.2) is 0 Å². The fraction of sp³-hybridized carbons (Fsp3) is 0.550. The van der Waals surface area contributed by atoms with Crippen LogP contribution >= 0.6 is 11.8 Å². The molecule has 0 saturated heterocycles. The summed E-state index contributed by atoms with van der Waals surface area (Å²) >= 11 is 1.41. The summed E-state index contributed by atoms with van der Waals surface area (Å²) < 4.78 is 7.94. The summed E-state index contributed by atoms with van der Waals surface area (Å²) in [4.78, 5) is 12.2. The number of hydrogen-bond donors (Lipinski definition) is 1. The standard InChI is InChI=1S/C20H28N4O2S/c1-14-9-7-8-12-17(14)26-15(2)19-22-23-20(24(19)3)27-13-18(25)21-16-10-5-4-6-11-16/h7-9,12,15-16H,4-6,10-11,13H2,1-3H3,(H,21,25). The van der Waals surface area contributed by atoms with Gasteiger partial charge in [0.25, 0.3) is 0 Å². The number of benzene rings is 1. The van der Waals surface area contributed by atoms with Gasteiger partial charge in [-0.2, -0.15) is 0 Å². The van der Waals surface area contributed by atoms with Gasteiger partial charge < -0.3 is 14.6 Å². The van der Waals surface area contributed by atoms with E-state index in [2.05, 4.69) is 15.5 Å². The average Bonchev–Trinajstić information content (AvgIpc) is 3.03. The first-order valence-electron chi connectivity index (χ1n) is 9.58. The second-order valence-electron chi connectivity index (χ2n) is 7.12. The molecule has 0 radical (unpaired) electrons. The summed E-state index contributed by atoms with van der Waals surface area (Å²) in [6.45, 7) is 3.98. The van der Waals surface area contributed by atoms with E-state index in [-0.39, 0.29) is 12.0 Å². The summed E-state index contributed by atoms with van der Waals surface area (Å²) in [5, 5.41) is 12.4. The summed E-state index contributed by atoms with van der Waals surface area (Å²) in [7, 11) is 1.91. The van der Waals surface area contributed by atoms with Crippen LogP contribution in [0, 0.1) is 6.92 Å². The minimum atomic E-state index is -0.228. The normalized spacial score (nSPS) is 16.1. The molecule has 27 heavy (non-hydrogen) atoms. The van der Waals surface area contributed by atoms with Crippen molar-refractivity contribution in [3.05, 3.63) is 35.7 Å². The third-order valence-corrected chi connectivity index (χ3v) is 5.95. The maximum Gasteiger partial charge on any atom is 0.230 e. The number of hydrogen-bond acceptors (Lipinski definition) is 5. The Kier molecular flexibility index (Phi) is 6.77. The first kappa shape index (κ1) is 19.7. The predicted molar refractivity (Wildman–Crippen MR) is 107 cm³/mol. The topological polar surface area (TPSA) is 69.0 Å². The van der Waals surface area contributed by atoms with E-state index in [1.54, 1.807) is 0 Å². The van der Waals surface area contributed by atoms with E-state index < -0.39 is 0 Å². The molecule has 0 spiro atoms. The second kappa shape index (κ2) is 9.26. The number of para-hydroxylation sites is 1. The second-order valence-corrected chi connectivity index (χ2v) is 8.06. The number of thioether (sulfide) groups is 1. The Morgan fingerprint density at radius 3 is 2.78 bits per heavy atom. The molecule has 2 aromatic rings. The van der Waals surface area contributed by atoms with Crippen molar-refractivity contribution in [2.75, 3.05) is 5.75 Å². The number of carbonyl (C=O) groups is 1. The largest absolute Gasteiger partial charge is 0.482 e. The molecule has 0 bridgehead atoms. The van der Waals surface area contributed by atoms with Gasteiger partial charge in [0.15, 0.2) is 17.1 Å². The highest BCUT2D eigenvalue weighted by Gasteiger charge is 2.20. The van der Waals surface area contributed by atoms with Crippen molar-refractivity contribution >= 4 is 17.7 Å². The number of amides is 1. The van der Waals surface area contributed by atoms with Gasteiger partial charge in [0.2, 0.25) is 5.91 Å². The lowest BCUT2D eigenvalue weighted by atomic mass is 9.95. The van der Waals surface area contributed by atoms with Crippen LogP contribution in [0.4, 0.5) is 0 Å². The molecule has 1 saturated carbocycles. The van der Waals surface area contributed by atoms with Crippen LogP contribution in [0.1, 0.15) is 56.5 Å². The van der Waals surface area contributed by atoms with Crippen LogP contribution in [-0.2, 0) is 11.8 Å². The number of nitrogens with zero attached hydrogens (tertiary/aromatic N) is 3. The van der Waals surface area contributed by atoms with Crippen molar-refractivity contribution in [1.82, 2.24) is 20.1 Å². The molecule has 3 rings (SSSR count). The van der Waals surface area contributed by atoms with Gasteiger partial charge in [-0.15, -0.1) is 10.2 Å². The zero-order chi connectivity index (χ0) is 19.2. The molecule has 1 N–H and O–H groups in total. The molecule has 146 valence electrons. The molecule has 1 atom stereocenters. The van der Waals surface area contributed by atoms with Crippen molar-refractivity contribution < 1.29 is 9.53 Å². The van der Waals surface area contributed by atoms with Gasteiger partial charge in [0.1, 0.15) is 5.75 Å². The highest BCUT2D eigenvalue weighted by molar-refractivity contribution is 7.99. The minimum Gasteiger partial charge on any atom is -0.482 e. The molecule has 1 aliphatic carbocycles. The molecule has 1 aliphatic rings. The molecule has 1 amide bonds.